The highest BCUT2D eigenvalue weighted by molar-refractivity contribution is 7.87. The monoisotopic (exact) mass is 282 g/mol. The average Bonchev–Trinajstić information content (AvgIpc) is 2.33. The van der Waals surface area contributed by atoms with E-state index in [0.717, 1.165) is 6.42 Å². The number of hydrogen-bond donors (Lipinski definition) is 2. The van der Waals surface area contributed by atoms with E-state index in [2.05, 4.69) is 14.2 Å². The van der Waals surface area contributed by atoms with Crippen LogP contribution in [-0.4, -0.2) is 48.3 Å². The van der Waals surface area contributed by atoms with Crippen molar-refractivity contribution in [1.82, 2.24) is 9.44 Å². The Kier molecular flexibility index (Phi) is 9.85. The standard InChI is InChI=1S/C10H22N2O5S/c1-16-9-8-12-18(14,15)11-7-5-3-4-6-10(13)17-2/h11-12H,3-9H2,1-2H3. The molecule has 8 heteroatoms. The van der Waals surface area contributed by atoms with Crippen molar-refractivity contribution in [3.63, 3.8) is 0 Å². The van der Waals surface area contributed by atoms with Gasteiger partial charge in [-0.3, -0.25) is 4.79 Å². The van der Waals surface area contributed by atoms with Crippen LogP contribution in [0.3, 0.4) is 0 Å². The molecule has 0 aliphatic carbocycles. The number of hydrogen-bond acceptors (Lipinski definition) is 5. The molecule has 0 bridgehead atoms. The van der Waals surface area contributed by atoms with Gasteiger partial charge in [0, 0.05) is 26.6 Å². The summed E-state index contributed by atoms with van der Waals surface area (Å²) < 4.78 is 36.7. The van der Waals surface area contributed by atoms with Gasteiger partial charge in [0.15, 0.2) is 0 Å². The Labute approximate surface area is 108 Å². The molecule has 0 spiro atoms. The van der Waals surface area contributed by atoms with Crippen molar-refractivity contribution in [2.45, 2.75) is 25.7 Å². The first kappa shape index (κ1) is 17.3. The topological polar surface area (TPSA) is 93.7 Å². The highest BCUT2D eigenvalue weighted by Crippen LogP contribution is 2.00. The van der Waals surface area contributed by atoms with Gasteiger partial charge in [0.25, 0.3) is 10.2 Å². The van der Waals surface area contributed by atoms with Crippen LogP contribution < -0.4 is 9.44 Å². The summed E-state index contributed by atoms with van der Waals surface area (Å²) in [6.45, 7) is 0.928. The molecule has 0 unspecified atom stereocenters. The van der Waals surface area contributed by atoms with Crippen LogP contribution in [0.15, 0.2) is 0 Å². The summed E-state index contributed by atoms with van der Waals surface area (Å²) in [6, 6.07) is 0. The van der Waals surface area contributed by atoms with E-state index in [0.29, 0.717) is 32.4 Å². The molecule has 0 aliphatic heterocycles. The van der Waals surface area contributed by atoms with Crippen LogP contribution >= 0.6 is 0 Å². The third-order valence-corrected chi connectivity index (χ3v) is 3.34. The van der Waals surface area contributed by atoms with Crippen molar-refractivity contribution < 1.29 is 22.7 Å². The lowest BCUT2D eigenvalue weighted by Gasteiger charge is -2.07. The second-order valence-electron chi connectivity index (χ2n) is 3.67. The molecule has 0 amide bonds. The Morgan fingerprint density at radius 1 is 1.06 bits per heavy atom. The highest BCUT2D eigenvalue weighted by Gasteiger charge is 2.07. The predicted octanol–water partition coefficient (Wildman–Crippen LogP) is -0.210. The van der Waals surface area contributed by atoms with E-state index < -0.39 is 10.2 Å². The van der Waals surface area contributed by atoms with E-state index in [4.69, 9.17) is 4.74 Å². The van der Waals surface area contributed by atoms with Crippen LogP contribution in [0.2, 0.25) is 0 Å². The molecule has 7 nitrogen and oxygen atoms in total. The molecular weight excluding hydrogens is 260 g/mol. The second-order valence-corrected chi connectivity index (χ2v) is 5.26. The summed E-state index contributed by atoms with van der Waals surface area (Å²) in [5.74, 6) is -0.239. The van der Waals surface area contributed by atoms with Crippen LogP contribution in [0, 0.1) is 0 Å². The average molecular weight is 282 g/mol. The first-order chi connectivity index (χ1) is 8.52. The molecule has 0 radical (unpaired) electrons. The van der Waals surface area contributed by atoms with E-state index in [-0.39, 0.29) is 12.5 Å². The van der Waals surface area contributed by atoms with Crippen molar-refractivity contribution in [3.8, 4) is 0 Å². The Hall–Kier alpha value is -0.700. The summed E-state index contributed by atoms with van der Waals surface area (Å²) in [6.07, 6.45) is 2.53. The van der Waals surface area contributed by atoms with E-state index in [9.17, 15) is 13.2 Å². The van der Waals surface area contributed by atoms with Crippen molar-refractivity contribution in [1.29, 1.82) is 0 Å². The van der Waals surface area contributed by atoms with Gasteiger partial charge in [0.1, 0.15) is 0 Å². The zero-order valence-corrected chi connectivity index (χ0v) is 11.7. The molecule has 0 rings (SSSR count). The molecule has 2 N–H and O–H groups in total. The largest absolute Gasteiger partial charge is 0.469 e. The SMILES string of the molecule is COCCNS(=O)(=O)NCCCCCC(=O)OC. The van der Waals surface area contributed by atoms with Crippen molar-refractivity contribution in [2.75, 3.05) is 33.9 Å². The number of nitrogens with one attached hydrogen (secondary N) is 2. The van der Waals surface area contributed by atoms with Crippen LogP contribution in [-0.2, 0) is 24.5 Å². The Morgan fingerprint density at radius 2 is 1.72 bits per heavy atom. The summed E-state index contributed by atoms with van der Waals surface area (Å²) in [5.41, 5.74) is 0. The Morgan fingerprint density at radius 3 is 2.33 bits per heavy atom. The van der Waals surface area contributed by atoms with Crippen LogP contribution in [0.5, 0.6) is 0 Å². The summed E-state index contributed by atoms with van der Waals surface area (Å²) in [7, 11) is -0.581. The predicted molar refractivity (Wildman–Crippen MR) is 67.3 cm³/mol. The second kappa shape index (κ2) is 10.2. The fourth-order valence-corrected chi connectivity index (χ4v) is 2.08. The molecule has 0 aliphatic rings. The molecule has 0 saturated heterocycles. The highest BCUT2D eigenvalue weighted by atomic mass is 32.2. The quantitative estimate of drug-likeness (QED) is 0.404. The van der Waals surface area contributed by atoms with Crippen LogP contribution in [0.1, 0.15) is 25.7 Å². The number of methoxy groups -OCH3 is 2. The van der Waals surface area contributed by atoms with Gasteiger partial charge in [-0.2, -0.15) is 13.1 Å². The van der Waals surface area contributed by atoms with Gasteiger partial charge >= 0.3 is 5.97 Å². The summed E-state index contributed by atoms with van der Waals surface area (Å²) >= 11 is 0. The molecule has 0 atom stereocenters. The smallest absolute Gasteiger partial charge is 0.305 e. The van der Waals surface area contributed by atoms with Gasteiger partial charge in [-0.15, -0.1) is 0 Å². The number of ether oxygens (including phenoxy) is 2. The number of esters is 1. The summed E-state index contributed by atoms with van der Waals surface area (Å²) in [4.78, 5) is 10.8. The Balaban J connectivity index is 3.50. The summed E-state index contributed by atoms with van der Waals surface area (Å²) in [5, 5.41) is 0. The molecule has 0 fully saturated rings. The van der Waals surface area contributed by atoms with E-state index in [1.165, 1.54) is 14.2 Å². The zero-order chi connectivity index (χ0) is 13.9. The number of unbranched alkanes of at least 4 members (excludes halogenated alkanes) is 2. The fourth-order valence-electron chi connectivity index (χ4n) is 1.21. The lowest BCUT2D eigenvalue weighted by molar-refractivity contribution is -0.140. The van der Waals surface area contributed by atoms with Crippen molar-refractivity contribution in [2.24, 2.45) is 0 Å². The zero-order valence-electron chi connectivity index (χ0n) is 10.9. The molecule has 0 aromatic rings. The van der Waals surface area contributed by atoms with Crippen LogP contribution in [0.4, 0.5) is 0 Å². The van der Waals surface area contributed by atoms with Crippen molar-refractivity contribution >= 4 is 16.2 Å². The minimum Gasteiger partial charge on any atom is -0.469 e. The van der Waals surface area contributed by atoms with Crippen molar-refractivity contribution in [3.05, 3.63) is 0 Å². The third-order valence-electron chi connectivity index (χ3n) is 2.18. The lowest BCUT2D eigenvalue weighted by atomic mass is 10.2. The minimum absolute atomic E-state index is 0.239. The molecule has 0 aromatic heterocycles. The minimum atomic E-state index is -3.43. The fraction of sp³-hybridized carbons (Fsp3) is 0.900. The van der Waals surface area contributed by atoms with E-state index >= 15 is 0 Å². The number of carbonyl (C=O) groups excluding carboxylic acids is 1. The van der Waals surface area contributed by atoms with Gasteiger partial charge in [0.05, 0.1) is 13.7 Å². The maximum Gasteiger partial charge on any atom is 0.305 e. The number of rotatable bonds is 11. The number of carbonyl (C=O) groups is 1. The third kappa shape index (κ3) is 10.5. The maximum absolute atomic E-state index is 11.3. The van der Waals surface area contributed by atoms with E-state index in [1.54, 1.807) is 0 Å². The molecule has 18 heavy (non-hydrogen) atoms. The van der Waals surface area contributed by atoms with E-state index in [1.807, 2.05) is 0 Å². The van der Waals surface area contributed by atoms with Crippen LogP contribution in [0.25, 0.3) is 0 Å². The molecule has 0 aromatic carbocycles. The van der Waals surface area contributed by atoms with Gasteiger partial charge in [0.2, 0.25) is 0 Å². The first-order valence-electron chi connectivity index (χ1n) is 5.82. The maximum atomic E-state index is 11.3. The molecule has 0 saturated carbocycles. The van der Waals surface area contributed by atoms with Gasteiger partial charge in [-0.25, -0.2) is 4.72 Å². The lowest BCUT2D eigenvalue weighted by Crippen LogP contribution is -2.38. The van der Waals surface area contributed by atoms with Gasteiger partial charge in [-0.1, -0.05) is 6.42 Å². The first-order valence-corrected chi connectivity index (χ1v) is 7.30. The molecule has 0 heterocycles. The molecule has 108 valence electrons. The Bertz CT molecular complexity index is 318. The van der Waals surface area contributed by atoms with Gasteiger partial charge in [-0.05, 0) is 12.8 Å². The normalized spacial score (nSPS) is 11.4. The molecular formula is C10H22N2O5S. The van der Waals surface area contributed by atoms with Gasteiger partial charge < -0.3 is 9.47 Å².